The molecule has 2 N–H and O–H groups in total. The van der Waals surface area contributed by atoms with Crippen LogP contribution in [0.15, 0.2) is 41.3 Å². The second-order valence-corrected chi connectivity index (χ2v) is 8.03. The van der Waals surface area contributed by atoms with Crippen LogP contribution in [0, 0.1) is 5.41 Å². The molecule has 0 saturated heterocycles. The van der Waals surface area contributed by atoms with Crippen LogP contribution in [0.5, 0.6) is 0 Å². The molecule has 1 aromatic carbocycles. The molecule has 3 rings (SSSR count). The predicted molar refractivity (Wildman–Crippen MR) is 116 cm³/mol. The van der Waals surface area contributed by atoms with Gasteiger partial charge in [0, 0.05) is 34.8 Å². The van der Waals surface area contributed by atoms with E-state index >= 15 is 0 Å². The van der Waals surface area contributed by atoms with E-state index in [1.54, 1.807) is 25.4 Å². The Balaban J connectivity index is 0.00000280. The number of aliphatic hydroxyl groups is 1. The van der Waals surface area contributed by atoms with Gasteiger partial charge < -0.3 is 10.4 Å². The molecule has 0 bridgehead atoms. The number of benzene rings is 1. The molecule has 150 valence electrons. The summed E-state index contributed by atoms with van der Waals surface area (Å²) in [5.41, 5.74) is 1.33. The molecule has 0 amide bonds. The van der Waals surface area contributed by atoms with Crippen LogP contribution in [0.2, 0.25) is 5.02 Å². The molecule has 6 nitrogen and oxygen atoms in total. The van der Waals surface area contributed by atoms with Gasteiger partial charge in [0.15, 0.2) is 0 Å². The standard InChI is InChI=1S/C20H23ClN4O2.CH4/c1-20(2,3)16(11-26)23-19-22-10-12-9-14(13-7-5-6-8-15(13)21)18(27)25(4)17(12)24-19;/h5-10,16,26H,11H2,1-4H3,(H,22,23,24);1H4. The number of fused-ring (bicyclic) bond motifs is 1. The first-order chi connectivity index (χ1) is 12.7. The summed E-state index contributed by atoms with van der Waals surface area (Å²) in [5, 5.41) is 14.0. The topological polar surface area (TPSA) is 80.0 Å². The lowest BCUT2D eigenvalue weighted by Crippen LogP contribution is -2.37. The van der Waals surface area contributed by atoms with Crippen LogP contribution in [0.3, 0.4) is 0 Å². The first-order valence-electron chi connectivity index (χ1n) is 8.71. The van der Waals surface area contributed by atoms with E-state index in [0.717, 1.165) is 5.39 Å². The molecule has 2 aromatic heterocycles. The number of halogens is 1. The average Bonchev–Trinajstić information content (AvgIpc) is 2.62. The number of pyridine rings is 1. The largest absolute Gasteiger partial charge is 0.394 e. The predicted octanol–water partition coefficient (Wildman–Crippen LogP) is 4.10. The molecule has 7 heteroatoms. The molecular formula is C21H27ClN4O2. The Hall–Kier alpha value is -2.44. The average molecular weight is 403 g/mol. The van der Waals surface area contributed by atoms with Crippen molar-refractivity contribution in [1.29, 1.82) is 0 Å². The third kappa shape index (κ3) is 4.18. The third-order valence-electron chi connectivity index (χ3n) is 4.64. The molecule has 28 heavy (non-hydrogen) atoms. The Bertz CT molecular complexity index is 1040. The zero-order valence-corrected chi connectivity index (χ0v) is 16.6. The van der Waals surface area contributed by atoms with Gasteiger partial charge in [-0.2, -0.15) is 4.98 Å². The Morgan fingerprint density at radius 3 is 2.54 bits per heavy atom. The Morgan fingerprint density at radius 2 is 1.93 bits per heavy atom. The Morgan fingerprint density at radius 1 is 1.25 bits per heavy atom. The van der Waals surface area contributed by atoms with E-state index in [1.165, 1.54) is 4.57 Å². The summed E-state index contributed by atoms with van der Waals surface area (Å²) >= 11 is 6.26. The summed E-state index contributed by atoms with van der Waals surface area (Å²) in [5.74, 6) is 0.372. The molecular weight excluding hydrogens is 376 g/mol. The van der Waals surface area contributed by atoms with E-state index in [-0.39, 0.29) is 31.0 Å². The van der Waals surface area contributed by atoms with Crippen LogP contribution >= 0.6 is 11.6 Å². The fourth-order valence-electron chi connectivity index (χ4n) is 2.88. The monoisotopic (exact) mass is 402 g/mol. The van der Waals surface area contributed by atoms with Gasteiger partial charge in [0.05, 0.1) is 12.6 Å². The second kappa shape index (κ2) is 8.29. The molecule has 3 aromatic rings. The minimum atomic E-state index is -0.214. The van der Waals surface area contributed by atoms with Crippen molar-refractivity contribution in [2.24, 2.45) is 12.5 Å². The van der Waals surface area contributed by atoms with E-state index in [2.05, 4.69) is 15.3 Å². The van der Waals surface area contributed by atoms with Gasteiger partial charge in [-0.25, -0.2) is 4.98 Å². The fraction of sp³-hybridized carbons (Fsp3) is 0.381. The van der Waals surface area contributed by atoms with Crippen molar-refractivity contribution >= 4 is 28.6 Å². The van der Waals surface area contributed by atoms with E-state index in [9.17, 15) is 9.90 Å². The highest BCUT2D eigenvalue weighted by Gasteiger charge is 2.24. The minimum Gasteiger partial charge on any atom is -0.394 e. The maximum Gasteiger partial charge on any atom is 0.259 e. The summed E-state index contributed by atoms with van der Waals surface area (Å²) in [4.78, 5) is 21.7. The highest BCUT2D eigenvalue weighted by molar-refractivity contribution is 6.33. The normalized spacial score (nSPS) is 12.5. The molecule has 0 spiro atoms. The van der Waals surface area contributed by atoms with Gasteiger partial charge in [0.1, 0.15) is 5.65 Å². The number of nitrogens with one attached hydrogen (secondary N) is 1. The van der Waals surface area contributed by atoms with Gasteiger partial charge in [-0.05, 0) is 17.5 Å². The van der Waals surface area contributed by atoms with E-state index in [0.29, 0.717) is 27.7 Å². The lowest BCUT2D eigenvalue weighted by atomic mass is 9.87. The van der Waals surface area contributed by atoms with Crippen molar-refractivity contribution in [2.75, 3.05) is 11.9 Å². The lowest BCUT2D eigenvalue weighted by Gasteiger charge is -2.29. The molecule has 1 atom stereocenters. The number of hydrogen-bond acceptors (Lipinski definition) is 5. The second-order valence-electron chi connectivity index (χ2n) is 7.62. The molecule has 0 aliphatic rings. The molecule has 1 unspecified atom stereocenters. The van der Waals surface area contributed by atoms with Crippen molar-refractivity contribution < 1.29 is 5.11 Å². The zero-order valence-electron chi connectivity index (χ0n) is 15.8. The SMILES string of the molecule is C.Cn1c(=O)c(-c2ccccc2Cl)cc2cnc(NC(CO)C(C)(C)C)nc21. The summed E-state index contributed by atoms with van der Waals surface area (Å²) in [6.07, 6.45) is 1.67. The van der Waals surface area contributed by atoms with Crippen LogP contribution < -0.4 is 10.9 Å². The van der Waals surface area contributed by atoms with Crippen LogP contribution in [0.4, 0.5) is 5.95 Å². The molecule has 0 aliphatic carbocycles. The maximum atomic E-state index is 12.9. The van der Waals surface area contributed by atoms with E-state index in [1.807, 2.05) is 39.0 Å². The highest BCUT2D eigenvalue weighted by atomic mass is 35.5. The summed E-state index contributed by atoms with van der Waals surface area (Å²) in [6, 6.07) is 8.79. The molecule has 0 aliphatic heterocycles. The fourth-order valence-corrected chi connectivity index (χ4v) is 3.12. The van der Waals surface area contributed by atoms with Gasteiger partial charge in [-0.1, -0.05) is 58.0 Å². The van der Waals surface area contributed by atoms with Crippen LogP contribution in [-0.2, 0) is 7.05 Å². The lowest BCUT2D eigenvalue weighted by molar-refractivity contribution is 0.201. The maximum absolute atomic E-state index is 12.9. The van der Waals surface area contributed by atoms with Crippen molar-refractivity contribution in [3.05, 3.63) is 51.9 Å². The molecule has 2 heterocycles. The first kappa shape index (κ1) is 21.9. The highest BCUT2D eigenvalue weighted by Crippen LogP contribution is 2.27. The number of aryl methyl sites for hydroxylation is 1. The Labute approximate surface area is 170 Å². The smallest absolute Gasteiger partial charge is 0.259 e. The molecule has 0 radical (unpaired) electrons. The Kier molecular flexibility index (Phi) is 6.47. The van der Waals surface area contributed by atoms with Gasteiger partial charge >= 0.3 is 0 Å². The zero-order chi connectivity index (χ0) is 19.8. The number of rotatable bonds is 4. The number of nitrogens with zero attached hydrogens (tertiary/aromatic N) is 3. The number of aromatic nitrogens is 3. The molecule has 0 saturated carbocycles. The van der Waals surface area contributed by atoms with Gasteiger partial charge in [-0.15, -0.1) is 0 Å². The summed E-state index contributed by atoms with van der Waals surface area (Å²) in [6.45, 7) is 6.02. The van der Waals surface area contributed by atoms with Crippen molar-refractivity contribution in [2.45, 2.75) is 34.2 Å². The quantitative estimate of drug-likeness (QED) is 0.686. The number of hydrogen-bond donors (Lipinski definition) is 2. The van der Waals surface area contributed by atoms with E-state index < -0.39 is 0 Å². The van der Waals surface area contributed by atoms with Gasteiger partial charge in [-0.3, -0.25) is 9.36 Å². The summed E-state index contributed by atoms with van der Waals surface area (Å²) in [7, 11) is 1.68. The number of aliphatic hydroxyl groups excluding tert-OH is 1. The van der Waals surface area contributed by atoms with Crippen LogP contribution in [-0.4, -0.2) is 32.3 Å². The third-order valence-corrected chi connectivity index (χ3v) is 4.97. The van der Waals surface area contributed by atoms with E-state index in [4.69, 9.17) is 11.6 Å². The van der Waals surface area contributed by atoms with Crippen LogP contribution in [0.1, 0.15) is 28.2 Å². The van der Waals surface area contributed by atoms with Crippen LogP contribution in [0.25, 0.3) is 22.2 Å². The first-order valence-corrected chi connectivity index (χ1v) is 9.09. The van der Waals surface area contributed by atoms with Gasteiger partial charge in [0.2, 0.25) is 5.95 Å². The van der Waals surface area contributed by atoms with Crippen molar-refractivity contribution in [3.63, 3.8) is 0 Å². The number of anilines is 1. The van der Waals surface area contributed by atoms with Crippen molar-refractivity contribution in [1.82, 2.24) is 14.5 Å². The summed E-state index contributed by atoms with van der Waals surface area (Å²) < 4.78 is 1.49. The molecule has 0 fully saturated rings. The van der Waals surface area contributed by atoms with Crippen molar-refractivity contribution in [3.8, 4) is 11.1 Å². The minimum absolute atomic E-state index is 0. The van der Waals surface area contributed by atoms with Gasteiger partial charge in [0.25, 0.3) is 5.56 Å².